The summed E-state index contributed by atoms with van der Waals surface area (Å²) < 4.78 is 1.73. The zero-order chi connectivity index (χ0) is 8.97. The van der Waals surface area contributed by atoms with Crippen LogP contribution in [0, 0.1) is 0 Å². The van der Waals surface area contributed by atoms with Crippen LogP contribution < -0.4 is 5.32 Å². The molecule has 12 heavy (non-hydrogen) atoms. The van der Waals surface area contributed by atoms with Gasteiger partial charge >= 0.3 is 0 Å². The average molecular weight is 297 g/mol. The molecular weight excluding hydrogens is 286 g/mol. The second-order valence-electron chi connectivity index (χ2n) is 2.47. The lowest BCUT2D eigenvalue weighted by molar-refractivity contribution is 0.654. The second kappa shape index (κ2) is 4.99. The van der Waals surface area contributed by atoms with Crippen molar-refractivity contribution < 1.29 is 0 Å². The number of H-pyrrole nitrogens is 1. The van der Waals surface area contributed by atoms with Crippen LogP contribution in [0.1, 0.15) is 19.2 Å². The molecule has 0 aromatic carbocycles. The number of nitrogens with one attached hydrogen (secondary N) is 2. The molecular formula is C7H11Br2N3. The van der Waals surface area contributed by atoms with E-state index >= 15 is 0 Å². The van der Waals surface area contributed by atoms with Gasteiger partial charge in [0.2, 0.25) is 0 Å². The molecule has 0 bridgehead atoms. The molecule has 1 rings (SSSR count). The summed E-state index contributed by atoms with van der Waals surface area (Å²) in [6.45, 7) is 3.95. The minimum absolute atomic E-state index is 0.790. The molecule has 1 heterocycles. The van der Waals surface area contributed by atoms with Crippen molar-refractivity contribution in [2.24, 2.45) is 0 Å². The summed E-state index contributed by atoms with van der Waals surface area (Å²) in [6.07, 6.45) is 1.14. The fourth-order valence-corrected chi connectivity index (χ4v) is 1.47. The van der Waals surface area contributed by atoms with Gasteiger partial charge in [0.05, 0.1) is 6.54 Å². The lowest BCUT2D eigenvalue weighted by Crippen LogP contribution is -2.14. The fraction of sp³-hybridized carbons (Fsp3) is 0.571. The zero-order valence-corrected chi connectivity index (χ0v) is 10.00. The summed E-state index contributed by atoms with van der Waals surface area (Å²) in [5.41, 5.74) is 0. The number of hydrogen-bond donors (Lipinski definition) is 2. The van der Waals surface area contributed by atoms with E-state index in [1.807, 2.05) is 0 Å². The van der Waals surface area contributed by atoms with Gasteiger partial charge in [-0.2, -0.15) is 0 Å². The van der Waals surface area contributed by atoms with Crippen LogP contribution in [-0.2, 0) is 6.54 Å². The highest BCUT2D eigenvalue weighted by molar-refractivity contribution is 9.13. The molecule has 1 aromatic heterocycles. The van der Waals surface area contributed by atoms with Gasteiger partial charge in [0.15, 0.2) is 0 Å². The van der Waals surface area contributed by atoms with E-state index in [1.165, 1.54) is 0 Å². The monoisotopic (exact) mass is 295 g/mol. The second-order valence-corrected chi connectivity index (χ2v) is 4.01. The Morgan fingerprint density at radius 2 is 2.25 bits per heavy atom. The summed E-state index contributed by atoms with van der Waals surface area (Å²) in [7, 11) is 0. The third-order valence-corrected chi connectivity index (χ3v) is 3.07. The van der Waals surface area contributed by atoms with Gasteiger partial charge in [-0.15, -0.1) is 0 Å². The van der Waals surface area contributed by atoms with Gasteiger partial charge in [0.25, 0.3) is 0 Å². The summed E-state index contributed by atoms with van der Waals surface area (Å²) >= 11 is 6.64. The van der Waals surface area contributed by atoms with Gasteiger partial charge in [-0.3, -0.25) is 0 Å². The molecule has 0 aliphatic rings. The predicted octanol–water partition coefficient (Wildman–Crippen LogP) is 2.43. The van der Waals surface area contributed by atoms with E-state index in [2.05, 4.69) is 54.1 Å². The van der Waals surface area contributed by atoms with Gasteiger partial charge in [0.1, 0.15) is 15.0 Å². The molecule has 0 spiro atoms. The van der Waals surface area contributed by atoms with Crippen LogP contribution in [0.3, 0.4) is 0 Å². The van der Waals surface area contributed by atoms with E-state index in [0.717, 1.165) is 34.5 Å². The molecule has 0 aliphatic carbocycles. The lowest BCUT2D eigenvalue weighted by Gasteiger charge is -1.97. The third-order valence-electron chi connectivity index (χ3n) is 1.39. The largest absolute Gasteiger partial charge is 0.335 e. The minimum Gasteiger partial charge on any atom is -0.335 e. The molecule has 0 amide bonds. The van der Waals surface area contributed by atoms with Crippen LogP contribution in [0.2, 0.25) is 0 Å². The maximum absolute atomic E-state index is 4.23. The smallest absolute Gasteiger partial charge is 0.138 e. The molecule has 68 valence electrons. The molecule has 1 aromatic rings. The molecule has 0 radical (unpaired) electrons. The normalized spacial score (nSPS) is 10.6. The van der Waals surface area contributed by atoms with Crippen LogP contribution in [-0.4, -0.2) is 16.5 Å². The van der Waals surface area contributed by atoms with Gasteiger partial charge in [-0.05, 0) is 44.8 Å². The summed E-state index contributed by atoms with van der Waals surface area (Å²) in [4.78, 5) is 7.33. The highest BCUT2D eigenvalue weighted by Gasteiger charge is 2.02. The number of rotatable bonds is 4. The maximum atomic E-state index is 4.23. The van der Waals surface area contributed by atoms with Gasteiger partial charge in [-0.25, -0.2) is 4.98 Å². The third kappa shape index (κ3) is 2.88. The van der Waals surface area contributed by atoms with Crippen molar-refractivity contribution in [3.8, 4) is 0 Å². The zero-order valence-electron chi connectivity index (χ0n) is 6.82. The predicted molar refractivity (Wildman–Crippen MR) is 56.0 cm³/mol. The number of imidazole rings is 1. The first-order valence-electron chi connectivity index (χ1n) is 3.84. The van der Waals surface area contributed by atoms with Crippen LogP contribution in [0.5, 0.6) is 0 Å². The Kier molecular flexibility index (Phi) is 4.25. The molecule has 0 saturated carbocycles. The molecule has 0 fully saturated rings. The molecule has 0 unspecified atom stereocenters. The number of nitrogens with zero attached hydrogens (tertiary/aromatic N) is 1. The Hall–Kier alpha value is 0.130. The summed E-state index contributed by atoms with van der Waals surface area (Å²) in [5.74, 6) is 0.946. The maximum Gasteiger partial charge on any atom is 0.138 e. The first-order valence-corrected chi connectivity index (χ1v) is 5.43. The van der Waals surface area contributed by atoms with Crippen LogP contribution in [0.4, 0.5) is 0 Å². The van der Waals surface area contributed by atoms with E-state index < -0.39 is 0 Å². The van der Waals surface area contributed by atoms with Crippen molar-refractivity contribution in [3.05, 3.63) is 15.0 Å². The number of aromatic nitrogens is 2. The molecule has 0 saturated heterocycles. The van der Waals surface area contributed by atoms with Crippen molar-refractivity contribution in [2.75, 3.05) is 6.54 Å². The minimum atomic E-state index is 0.790. The van der Waals surface area contributed by atoms with Crippen molar-refractivity contribution in [1.82, 2.24) is 15.3 Å². The van der Waals surface area contributed by atoms with Gasteiger partial charge < -0.3 is 10.3 Å². The molecule has 3 nitrogen and oxygen atoms in total. The SMILES string of the molecule is CCCNCc1nc(Br)c(Br)[nH]1. The van der Waals surface area contributed by atoms with E-state index in [4.69, 9.17) is 0 Å². The first-order chi connectivity index (χ1) is 5.74. The molecule has 2 N–H and O–H groups in total. The molecule has 5 heteroatoms. The van der Waals surface area contributed by atoms with Gasteiger partial charge in [-0.1, -0.05) is 6.92 Å². The summed E-state index contributed by atoms with van der Waals surface area (Å²) in [6, 6.07) is 0. The Labute approximate surface area is 88.6 Å². The Morgan fingerprint density at radius 3 is 2.75 bits per heavy atom. The van der Waals surface area contributed by atoms with E-state index in [-0.39, 0.29) is 0 Å². The van der Waals surface area contributed by atoms with Crippen molar-refractivity contribution >= 4 is 31.9 Å². The number of halogens is 2. The van der Waals surface area contributed by atoms with E-state index in [1.54, 1.807) is 0 Å². The Balaban J connectivity index is 2.42. The lowest BCUT2D eigenvalue weighted by atomic mass is 10.5. The number of aromatic amines is 1. The number of hydrogen-bond acceptors (Lipinski definition) is 2. The van der Waals surface area contributed by atoms with Crippen LogP contribution in [0.25, 0.3) is 0 Å². The highest BCUT2D eigenvalue weighted by atomic mass is 79.9. The summed E-state index contributed by atoms with van der Waals surface area (Å²) in [5, 5.41) is 3.26. The Morgan fingerprint density at radius 1 is 1.50 bits per heavy atom. The Bertz CT molecular complexity index is 227. The van der Waals surface area contributed by atoms with Crippen LogP contribution in [0.15, 0.2) is 9.21 Å². The molecule has 0 atom stereocenters. The van der Waals surface area contributed by atoms with Crippen molar-refractivity contribution in [2.45, 2.75) is 19.9 Å². The topological polar surface area (TPSA) is 40.7 Å². The fourth-order valence-electron chi connectivity index (χ4n) is 0.841. The van der Waals surface area contributed by atoms with Gasteiger partial charge in [0, 0.05) is 0 Å². The molecule has 0 aliphatic heterocycles. The average Bonchev–Trinajstić information content (AvgIpc) is 2.32. The van der Waals surface area contributed by atoms with Crippen LogP contribution >= 0.6 is 31.9 Å². The quantitative estimate of drug-likeness (QED) is 0.838. The first kappa shape index (κ1) is 10.2. The van der Waals surface area contributed by atoms with E-state index in [9.17, 15) is 0 Å². The highest BCUT2D eigenvalue weighted by Crippen LogP contribution is 2.18. The van der Waals surface area contributed by atoms with Crippen molar-refractivity contribution in [1.29, 1.82) is 0 Å². The van der Waals surface area contributed by atoms with Crippen molar-refractivity contribution in [3.63, 3.8) is 0 Å². The van der Waals surface area contributed by atoms with E-state index in [0.29, 0.717) is 0 Å². The standard InChI is InChI=1S/C7H11Br2N3/c1-2-3-10-4-5-11-6(8)7(9)12-5/h10H,2-4H2,1H3,(H,11,12).